The highest BCUT2D eigenvalue weighted by Gasteiger charge is 2.30. The zero-order valence-corrected chi connectivity index (χ0v) is 18.4. The van der Waals surface area contributed by atoms with Gasteiger partial charge in [-0.25, -0.2) is 21.6 Å². The summed E-state index contributed by atoms with van der Waals surface area (Å²) < 4.78 is 55.3. The van der Waals surface area contributed by atoms with Gasteiger partial charge in [0.25, 0.3) is 0 Å². The molecule has 8 heteroatoms. The second-order valence-electron chi connectivity index (χ2n) is 8.36. The van der Waals surface area contributed by atoms with Crippen LogP contribution in [0.2, 0.25) is 0 Å². The largest absolute Gasteiger partial charge is 0.243 e. The standard InChI is InChI=1S/C20H32N2O4S2/c1-16-8-10-17(11-9-16)21-27(23,24)19-12-14-20(15-13-19)28(25,26)22(2)18-6-4-3-5-7-18/h12-18,21H,3-11H2,1-2H3. The van der Waals surface area contributed by atoms with Crippen molar-refractivity contribution in [2.45, 2.75) is 86.6 Å². The average Bonchev–Trinajstić information content (AvgIpc) is 2.70. The number of rotatable bonds is 6. The van der Waals surface area contributed by atoms with Gasteiger partial charge in [-0.1, -0.05) is 26.2 Å². The normalized spacial score (nSPS) is 25.1. The molecule has 0 aliphatic heterocycles. The van der Waals surface area contributed by atoms with Crippen molar-refractivity contribution in [3.63, 3.8) is 0 Å². The van der Waals surface area contributed by atoms with Gasteiger partial charge < -0.3 is 0 Å². The lowest BCUT2D eigenvalue weighted by Gasteiger charge is -2.30. The van der Waals surface area contributed by atoms with Gasteiger partial charge >= 0.3 is 0 Å². The van der Waals surface area contributed by atoms with Crippen molar-refractivity contribution < 1.29 is 16.8 Å². The molecule has 1 aromatic carbocycles. The van der Waals surface area contributed by atoms with E-state index in [4.69, 9.17) is 0 Å². The monoisotopic (exact) mass is 428 g/mol. The van der Waals surface area contributed by atoms with Crippen LogP contribution >= 0.6 is 0 Å². The quantitative estimate of drug-likeness (QED) is 0.752. The smallest absolute Gasteiger partial charge is 0.208 e. The molecule has 3 rings (SSSR count). The SMILES string of the molecule is CC1CCC(NS(=O)(=O)c2ccc(S(=O)(=O)N(C)C3CCCCC3)cc2)CC1. The van der Waals surface area contributed by atoms with E-state index in [2.05, 4.69) is 11.6 Å². The summed E-state index contributed by atoms with van der Waals surface area (Å²) in [5.74, 6) is 0.645. The van der Waals surface area contributed by atoms with Crippen LogP contribution < -0.4 is 4.72 Å². The molecular weight excluding hydrogens is 396 g/mol. The Kier molecular flexibility index (Phi) is 6.84. The highest BCUT2D eigenvalue weighted by atomic mass is 32.2. The molecule has 0 amide bonds. The molecule has 6 nitrogen and oxygen atoms in total. The second kappa shape index (κ2) is 8.81. The summed E-state index contributed by atoms with van der Waals surface area (Å²) in [6, 6.07) is 5.60. The fourth-order valence-corrected chi connectivity index (χ4v) is 6.98. The Morgan fingerprint density at radius 2 is 1.36 bits per heavy atom. The predicted molar refractivity (Wildman–Crippen MR) is 110 cm³/mol. The Labute approximate surface area is 169 Å². The summed E-state index contributed by atoms with van der Waals surface area (Å²) in [6.07, 6.45) is 8.76. The van der Waals surface area contributed by atoms with Gasteiger partial charge in [0.2, 0.25) is 20.0 Å². The molecule has 2 fully saturated rings. The van der Waals surface area contributed by atoms with Gasteiger partial charge in [0.15, 0.2) is 0 Å². The van der Waals surface area contributed by atoms with Crippen LogP contribution in [-0.4, -0.2) is 40.3 Å². The molecule has 0 heterocycles. The maximum Gasteiger partial charge on any atom is 0.243 e. The third kappa shape index (κ3) is 4.96. The first-order chi connectivity index (χ1) is 13.2. The van der Waals surface area contributed by atoms with Crippen LogP contribution in [0.4, 0.5) is 0 Å². The lowest BCUT2D eigenvalue weighted by atomic mass is 9.88. The maximum atomic E-state index is 12.9. The van der Waals surface area contributed by atoms with E-state index in [1.54, 1.807) is 7.05 Å². The van der Waals surface area contributed by atoms with Crippen molar-refractivity contribution >= 4 is 20.0 Å². The second-order valence-corrected chi connectivity index (χ2v) is 12.1. The van der Waals surface area contributed by atoms with E-state index in [0.29, 0.717) is 5.92 Å². The number of nitrogens with one attached hydrogen (secondary N) is 1. The third-order valence-corrected chi connectivity index (χ3v) is 9.70. The van der Waals surface area contributed by atoms with E-state index in [9.17, 15) is 16.8 Å². The van der Waals surface area contributed by atoms with E-state index in [1.807, 2.05) is 0 Å². The van der Waals surface area contributed by atoms with E-state index in [1.165, 1.54) is 28.6 Å². The van der Waals surface area contributed by atoms with Gasteiger partial charge in [0, 0.05) is 19.1 Å². The van der Waals surface area contributed by atoms with Gasteiger partial charge in [-0.3, -0.25) is 0 Å². The topological polar surface area (TPSA) is 83.5 Å². The Balaban J connectivity index is 1.71. The fourth-order valence-electron chi connectivity index (χ4n) is 4.26. The minimum Gasteiger partial charge on any atom is -0.208 e. The summed E-state index contributed by atoms with van der Waals surface area (Å²) >= 11 is 0. The minimum absolute atomic E-state index is 0.0255. The van der Waals surface area contributed by atoms with E-state index >= 15 is 0 Å². The van der Waals surface area contributed by atoms with Crippen LogP contribution in [-0.2, 0) is 20.0 Å². The molecule has 0 bridgehead atoms. The van der Waals surface area contributed by atoms with Crippen molar-refractivity contribution in [3.8, 4) is 0 Å². The van der Waals surface area contributed by atoms with Crippen LogP contribution in [0.25, 0.3) is 0 Å². The molecule has 1 N–H and O–H groups in total. The number of hydrogen-bond donors (Lipinski definition) is 1. The molecule has 0 saturated heterocycles. The summed E-state index contributed by atoms with van der Waals surface area (Å²) in [5, 5.41) is 0. The van der Waals surface area contributed by atoms with Gasteiger partial charge in [-0.2, -0.15) is 4.31 Å². The molecule has 158 valence electrons. The summed E-state index contributed by atoms with van der Waals surface area (Å²) in [7, 11) is -5.63. The zero-order chi connectivity index (χ0) is 20.4. The minimum atomic E-state index is -3.64. The number of hydrogen-bond acceptors (Lipinski definition) is 4. The Hall–Kier alpha value is -0.960. The van der Waals surface area contributed by atoms with Gasteiger partial charge in [-0.15, -0.1) is 0 Å². The molecule has 0 radical (unpaired) electrons. The maximum absolute atomic E-state index is 12.9. The molecule has 0 spiro atoms. The zero-order valence-electron chi connectivity index (χ0n) is 16.8. The van der Waals surface area contributed by atoms with E-state index in [-0.39, 0.29) is 21.9 Å². The Morgan fingerprint density at radius 3 is 1.93 bits per heavy atom. The highest BCUT2D eigenvalue weighted by molar-refractivity contribution is 7.89. The van der Waals surface area contributed by atoms with Crippen LogP contribution in [0.1, 0.15) is 64.7 Å². The van der Waals surface area contributed by atoms with Crippen LogP contribution in [0.5, 0.6) is 0 Å². The van der Waals surface area contributed by atoms with Gasteiger partial charge in [0.1, 0.15) is 0 Å². The van der Waals surface area contributed by atoms with Crippen LogP contribution in [0.3, 0.4) is 0 Å². The Bertz CT molecular complexity index is 852. The highest BCUT2D eigenvalue weighted by Crippen LogP contribution is 2.28. The molecule has 0 aromatic heterocycles. The molecule has 0 atom stereocenters. The third-order valence-electron chi connectivity index (χ3n) is 6.24. The van der Waals surface area contributed by atoms with Crippen LogP contribution in [0, 0.1) is 5.92 Å². The van der Waals surface area contributed by atoms with Crippen molar-refractivity contribution in [1.29, 1.82) is 0 Å². The van der Waals surface area contributed by atoms with Crippen molar-refractivity contribution in [2.24, 2.45) is 5.92 Å². The predicted octanol–water partition coefficient (Wildman–Crippen LogP) is 3.50. The molecule has 28 heavy (non-hydrogen) atoms. The number of nitrogens with zero attached hydrogens (tertiary/aromatic N) is 1. The Morgan fingerprint density at radius 1 is 0.821 bits per heavy atom. The van der Waals surface area contributed by atoms with Gasteiger partial charge in [-0.05, 0) is 68.7 Å². The molecule has 0 unspecified atom stereocenters. The van der Waals surface area contributed by atoms with Crippen molar-refractivity contribution in [3.05, 3.63) is 24.3 Å². The molecule has 2 aliphatic rings. The fraction of sp³-hybridized carbons (Fsp3) is 0.700. The lowest BCUT2D eigenvalue weighted by Crippen LogP contribution is -2.38. The molecule has 1 aromatic rings. The van der Waals surface area contributed by atoms with Crippen LogP contribution in [0.15, 0.2) is 34.1 Å². The van der Waals surface area contributed by atoms with Crippen molar-refractivity contribution in [1.82, 2.24) is 9.03 Å². The molecule has 2 aliphatic carbocycles. The molecule has 2 saturated carbocycles. The summed E-state index contributed by atoms with van der Waals surface area (Å²) in [4.78, 5) is 0.261. The molecular formula is C20H32N2O4S2. The van der Waals surface area contributed by atoms with E-state index < -0.39 is 20.0 Å². The summed E-state index contributed by atoms with van der Waals surface area (Å²) in [5.41, 5.74) is 0. The van der Waals surface area contributed by atoms with Crippen molar-refractivity contribution in [2.75, 3.05) is 7.05 Å². The van der Waals surface area contributed by atoms with Gasteiger partial charge in [0.05, 0.1) is 9.79 Å². The number of sulfonamides is 2. The van der Waals surface area contributed by atoms with E-state index in [0.717, 1.165) is 57.8 Å². The summed E-state index contributed by atoms with van der Waals surface area (Å²) in [6.45, 7) is 2.19. The first-order valence-corrected chi connectivity index (χ1v) is 13.2. The lowest BCUT2D eigenvalue weighted by molar-refractivity contribution is 0.286. The number of benzene rings is 1. The average molecular weight is 429 g/mol. The first kappa shape index (κ1) is 21.7. The first-order valence-electron chi connectivity index (χ1n) is 10.3.